The molecule has 0 aromatic carbocycles. The monoisotopic (exact) mass is 204 g/mol. The molecule has 0 heterocycles. The number of allylic oxidation sites excluding steroid dienone is 2. The molecular formula is C10H25N2P. The van der Waals surface area contributed by atoms with Gasteiger partial charge < -0.3 is 0 Å². The molecule has 0 bridgehead atoms. The van der Waals surface area contributed by atoms with Crippen molar-refractivity contribution in [2.24, 2.45) is 0 Å². The molecular weight excluding hydrogens is 179 g/mol. The third-order valence-corrected chi connectivity index (χ3v) is 2.23. The highest BCUT2D eigenvalue weighted by Crippen LogP contribution is 1.89. The lowest BCUT2D eigenvalue weighted by atomic mass is 10.4. The predicted molar refractivity (Wildman–Crippen MR) is 65.4 cm³/mol. The first-order valence-corrected chi connectivity index (χ1v) is 6.19. The third kappa shape index (κ3) is 24.5. The van der Waals surface area contributed by atoms with Crippen LogP contribution in [-0.2, 0) is 0 Å². The second-order valence-electron chi connectivity index (χ2n) is 2.47. The van der Waals surface area contributed by atoms with Gasteiger partial charge in [-0.2, -0.15) is 0 Å². The third-order valence-electron chi connectivity index (χ3n) is 1.17. The van der Waals surface area contributed by atoms with Crippen molar-refractivity contribution in [1.82, 2.24) is 10.2 Å². The van der Waals surface area contributed by atoms with Crippen molar-refractivity contribution < 1.29 is 0 Å². The van der Waals surface area contributed by atoms with E-state index in [0.29, 0.717) is 0 Å². The fourth-order valence-electron chi connectivity index (χ4n) is 0.573. The average molecular weight is 204 g/mol. The molecule has 0 radical (unpaired) electrons. The predicted octanol–water partition coefficient (Wildman–Crippen LogP) is 3.08. The van der Waals surface area contributed by atoms with E-state index in [1.54, 1.807) is 0 Å². The van der Waals surface area contributed by atoms with Crippen molar-refractivity contribution >= 4 is 8.88 Å². The van der Waals surface area contributed by atoms with E-state index in [0.717, 1.165) is 22.0 Å². The molecule has 2 N–H and O–H groups in total. The summed E-state index contributed by atoms with van der Waals surface area (Å²) in [5.41, 5.74) is 0. The highest BCUT2D eigenvalue weighted by Gasteiger charge is 1.74. The smallest absolute Gasteiger partial charge is 0.0183 e. The van der Waals surface area contributed by atoms with E-state index in [9.17, 15) is 0 Å². The Balaban J connectivity index is 0. The lowest BCUT2D eigenvalue weighted by molar-refractivity contribution is 0.963. The van der Waals surface area contributed by atoms with E-state index < -0.39 is 0 Å². The van der Waals surface area contributed by atoms with Crippen molar-refractivity contribution in [2.75, 3.05) is 13.1 Å². The molecule has 3 heteroatoms. The van der Waals surface area contributed by atoms with Gasteiger partial charge >= 0.3 is 0 Å². The Morgan fingerprint density at radius 1 is 0.846 bits per heavy atom. The van der Waals surface area contributed by atoms with Gasteiger partial charge in [0.2, 0.25) is 0 Å². The van der Waals surface area contributed by atoms with Crippen LogP contribution in [0, 0.1) is 0 Å². The summed E-state index contributed by atoms with van der Waals surface area (Å²) in [4.78, 5) is 0. The van der Waals surface area contributed by atoms with Gasteiger partial charge in [-0.3, -0.25) is 10.2 Å². The Morgan fingerprint density at radius 2 is 1.23 bits per heavy atom. The van der Waals surface area contributed by atoms with Gasteiger partial charge in [0, 0.05) is 8.88 Å². The molecule has 0 amide bonds. The van der Waals surface area contributed by atoms with Crippen LogP contribution >= 0.6 is 8.88 Å². The largest absolute Gasteiger partial charge is 0.287 e. The van der Waals surface area contributed by atoms with Crippen LogP contribution in [0.2, 0.25) is 0 Å². The van der Waals surface area contributed by atoms with Gasteiger partial charge in [0.1, 0.15) is 0 Å². The van der Waals surface area contributed by atoms with E-state index in [1.165, 1.54) is 12.8 Å². The summed E-state index contributed by atoms with van der Waals surface area (Å²) in [6, 6.07) is 0. The zero-order valence-corrected chi connectivity index (χ0v) is 10.5. The normalized spacial score (nSPS) is 9.85. The van der Waals surface area contributed by atoms with Crippen LogP contribution in [0.25, 0.3) is 0 Å². The van der Waals surface area contributed by atoms with Crippen LogP contribution < -0.4 is 10.2 Å². The molecule has 0 saturated carbocycles. The minimum absolute atomic E-state index is 0.732. The zero-order valence-electron chi connectivity index (χ0n) is 9.48. The van der Waals surface area contributed by atoms with Gasteiger partial charge in [-0.1, -0.05) is 39.8 Å². The van der Waals surface area contributed by atoms with Crippen LogP contribution in [0.4, 0.5) is 0 Å². The summed E-state index contributed by atoms with van der Waals surface area (Å²) in [5, 5.41) is 6.33. The van der Waals surface area contributed by atoms with Crippen LogP contribution in [0.1, 0.15) is 40.5 Å². The quantitative estimate of drug-likeness (QED) is 0.395. The summed E-state index contributed by atoms with van der Waals surface area (Å²) in [5.74, 6) is 0. The number of hydrogen-bond acceptors (Lipinski definition) is 2. The topological polar surface area (TPSA) is 24.1 Å². The molecule has 0 atom stereocenters. The Bertz CT molecular complexity index is 84.9. The summed E-state index contributed by atoms with van der Waals surface area (Å²) < 4.78 is 0. The molecule has 0 fully saturated rings. The fraction of sp³-hybridized carbons (Fsp3) is 0.800. The summed E-state index contributed by atoms with van der Waals surface area (Å²) >= 11 is 0. The molecule has 0 aliphatic heterocycles. The van der Waals surface area contributed by atoms with Crippen LogP contribution in [0.3, 0.4) is 0 Å². The van der Waals surface area contributed by atoms with Gasteiger partial charge in [0.25, 0.3) is 0 Å². The lowest BCUT2D eigenvalue weighted by Crippen LogP contribution is -2.08. The van der Waals surface area contributed by atoms with Crippen molar-refractivity contribution in [3.05, 3.63) is 12.2 Å². The highest BCUT2D eigenvalue weighted by atomic mass is 31.1. The number of hydrogen-bond donors (Lipinski definition) is 2. The SMILES string of the molecule is CC/C=C\CC.CCNPNCC. The molecule has 0 rings (SSSR count). The van der Waals surface area contributed by atoms with Gasteiger partial charge in [-0.05, 0) is 25.9 Å². The molecule has 0 saturated heterocycles. The first-order chi connectivity index (χ1) is 6.33. The van der Waals surface area contributed by atoms with Crippen molar-refractivity contribution in [1.29, 1.82) is 0 Å². The maximum absolute atomic E-state index is 3.17. The molecule has 0 aliphatic carbocycles. The molecule has 0 unspecified atom stereocenters. The van der Waals surface area contributed by atoms with Gasteiger partial charge in [0.15, 0.2) is 0 Å². The van der Waals surface area contributed by atoms with Crippen LogP contribution in [0.5, 0.6) is 0 Å². The minimum atomic E-state index is 0.732. The van der Waals surface area contributed by atoms with Gasteiger partial charge in [-0.25, -0.2) is 0 Å². The summed E-state index contributed by atoms with van der Waals surface area (Å²) in [6.45, 7) is 10.6. The second-order valence-corrected chi connectivity index (χ2v) is 3.43. The molecule has 0 aromatic heterocycles. The first kappa shape index (κ1) is 15.6. The van der Waals surface area contributed by atoms with Crippen LogP contribution in [0.15, 0.2) is 12.2 Å². The molecule has 0 aromatic rings. The number of rotatable bonds is 6. The second kappa shape index (κ2) is 18.0. The Morgan fingerprint density at radius 3 is 1.46 bits per heavy atom. The summed E-state index contributed by atoms with van der Waals surface area (Å²) in [7, 11) is 0.732. The van der Waals surface area contributed by atoms with E-state index in [1.807, 2.05) is 0 Å². The maximum Gasteiger partial charge on any atom is 0.0183 e. The minimum Gasteiger partial charge on any atom is -0.287 e. The van der Waals surface area contributed by atoms with Crippen molar-refractivity contribution in [2.45, 2.75) is 40.5 Å². The Kier molecular flexibility index (Phi) is 21.5. The Hall–Kier alpha value is 0.0900. The fourth-order valence-corrected chi connectivity index (χ4v) is 1.05. The van der Waals surface area contributed by atoms with Crippen molar-refractivity contribution in [3.63, 3.8) is 0 Å². The van der Waals surface area contributed by atoms with E-state index in [-0.39, 0.29) is 0 Å². The van der Waals surface area contributed by atoms with E-state index >= 15 is 0 Å². The van der Waals surface area contributed by atoms with Crippen LogP contribution in [-0.4, -0.2) is 13.1 Å². The Labute approximate surface area is 85.5 Å². The number of nitrogens with one attached hydrogen (secondary N) is 2. The highest BCUT2D eigenvalue weighted by molar-refractivity contribution is 7.33. The standard InChI is InChI=1S/C6H12.C4H13N2P/c1-3-5-6-4-2;1-3-5-7-6-4-2/h5-6H,3-4H2,1-2H3;5-7H,3-4H2,1-2H3/b6-5-;. The average Bonchev–Trinajstić information content (AvgIpc) is 2.17. The lowest BCUT2D eigenvalue weighted by Gasteiger charge is -1.98. The molecule has 2 nitrogen and oxygen atoms in total. The zero-order chi connectivity index (χ0) is 10.4. The first-order valence-electron chi connectivity index (χ1n) is 5.19. The summed E-state index contributed by atoms with van der Waals surface area (Å²) in [6.07, 6.45) is 6.71. The van der Waals surface area contributed by atoms with E-state index in [4.69, 9.17) is 0 Å². The maximum atomic E-state index is 3.17. The molecule has 0 aliphatic rings. The molecule has 80 valence electrons. The van der Waals surface area contributed by atoms with E-state index in [2.05, 4.69) is 50.0 Å². The molecule has 13 heavy (non-hydrogen) atoms. The molecule has 0 spiro atoms. The van der Waals surface area contributed by atoms with Crippen molar-refractivity contribution in [3.8, 4) is 0 Å². The van der Waals surface area contributed by atoms with Gasteiger partial charge in [0.05, 0.1) is 0 Å². The van der Waals surface area contributed by atoms with Gasteiger partial charge in [-0.15, -0.1) is 0 Å².